The third-order valence-electron chi connectivity index (χ3n) is 4.57. The lowest BCUT2D eigenvalue weighted by Gasteiger charge is -2.12. The van der Waals surface area contributed by atoms with Gasteiger partial charge in [0.25, 0.3) is 11.8 Å². The topological polar surface area (TPSA) is 77.1 Å². The zero-order chi connectivity index (χ0) is 18.4. The maximum Gasteiger partial charge on any atom is 0.259 e. The molecule has 0 bridgehead atoms. The Morgan fingerprint density at radius 3 is 2.58 bits per heavy atom. The van der Waals surface area contributed by atoms with Crippen molar-refractivity contribution in [3.8, 4) is 11.1 Å². The van der Waals surface area contributed by atoms with Gasteiger partial charge in [0.05, 0.1) is 16.6 Å². The highest BCUT2D eigenvalue weighted by Gasteiger charge is 2.34. The van der Waals surface area contributed by atoms with Crippen molar-refractivity contribution in [2.45, 2.75) is 13.0 Å². The number of benzene rings is 2. The van der Waals surface area contributed by atoms with Crippen LogP contribution in [0, 0.1) is 0 Å². The molecule has 26 heavy (non-hydrogen) atoms. The summed E-state index contributed by atoms with van der Waals surface area (Å²) in [7, 11) is 0. The van der Waals surface area contributed by atoms with Crippen LogP contribution in [0.5, 0.6) is 0 Å². The summed E-state index contributed by atoms with van der Waals surface area (Å²) in [6.45, 7) is 1.29. The van der Waals surface area contributed by atoms with E-state index in [1.807, 2.05) is 35.0 Å². The predicted octanol–water partition coefficient (Wildman–Crippen LogP) is 3.96. The normalized spacial score (nSPS) is 13.3. The first-order valence-corrected chi connectivity index (χ1v) is 9.36. The van der Waals surface area contributed by atoms with Gasteiger partial charge in [-0.05, 0) is 46.6 Å². The van der Waals surface area contributed by atoms with E-state index in [0.29, 0.717) is 28.3 Å². The molecular formula is C19H15BrClN3O2. The van der Waals surface area contributed by atoms with Crippen LogP contribution >= 0.6 is 27.5 Å². The Kier molecular flexibility index (Phi) is 4.34. The lowest BCUT2D eigenvalue weighted by atomic mass is 9.94. The van der Waals surface area contributed by atoms with Crippen LogP contribution in [0.25, 0.3) is 22.0 Å². The number of fused-ring (bicyclic) bond motifs is 3. The van der Waals surface area contributed by atoms with Gasteiger partial charge in [0, 0.05) is 33.2 Å². The number of nitrogens with one attached hydrogen (secondary N) is 1. The number of carbonyl (C=O) groups is 2. The molecular weight excluding hydrogens is 418 g/mol. The second-order valence-corrected chi connectivity index (χ2v) is 7.41. The molecule has 5 nitrogen and oxygen atoms in total. The molecule has 7 heteroatoms. The van der Waals surface area contributed by atoms with Crippen molar-refractivity contribution in [3.05, 3.63) is 57.2 Å². The first kappa shape index (κ1) is 17.3. The van der Waals surface area contributed by atoms with Crippen molar-refractivity contribution < 1.29 is 9.59 Å². The molecule has 3 N–H and O–H groups in total. The average Bonchev–Trinajstić information content (AvgIpc) is 3.09. The first-order chi connectivity index (χ1) is 12.5. The summed E-state index contributed by atoms with van der Waals surface area (Å²) in [4.78, 5) is 25.0. The number of nitrogens with zero attached hydrogens (tertiary/aromatic N) is 1. The van der Waals surface area contributed by atoms with Gasteiger partial charge in [-0.2, -0.15) is 0 Å². The number of aromatic nitrogens is 1. The molecule has 0 radical (unpaired) electrons. The number of halogens is 2. The highest BCUT2D eigenvalue weighted by Crippen LogP contribution is 2.41. The standard InChI is InChI=1S/C19H15BrClN3O2/c20-12-9-24(7-3-6-22)14-8-11(10-4-1-2-5-13(10)21)15-17(16(12)14)19(26)23-18(15)25/h1-2,4-5,8-9H,3,6-7,22H2,(H,23,25,26). The van der Waals surface area contributed by atoms with Crippen LogP contribution in [0.1, 0.15) is 27.1 Å². The van der Waals surface area contributed by atoms with Gasteiger partial charge in [0.2, 0.25) is 0 Å². The molecule has 0 spiro atoms. The number of carbonyl (C=O) groups excluding carboxylic acids is 2. The third kappa shape index (κ3) is 2.57. The minimum Gasteiger partial charge on any atom is -0.346 e. The number of amides is 2. The Balaban J connectivity index is 2.10. The maximum atomic E-state index is 12.5. The summed E-state index contributed by atoms with van der Waals surface area (Å²) >= 11 is 9.91. The van der Waals surface area contributed by atoms with Crippen molar-refractivity contribution in [3.63, 3.8) is 0 Å². The summed E-state index contributed by atoms with van der Waals surface area (Å²) in [6, 6.07) is 9.23. The smallest absolute Gasteiger partial charge is 0.259 e. The molecule has 1 aromatic heterocycles. The van der Waals surface area contributed by atoms with Crippen molar-refractivity contribution in [1.29, 1.82) is 0 Å². The van der Waals surface area contributed by atoms with E-state index in [2.05, 4.69) is 21.2 Å². The molecule has 0 unspecified atom stereocenters. The van der Waals surface area contributed by atoms with E-state index in [4.69, 9.17) is 17.3 Å². The summed E-state index contributed by atoms with van der Waals surface area (Å²) in [5.41, 5.74) is 8.65. The third-order valence-corrected chi connectivity index (χ3v) is 5.50. The number of rotatable bonds is 4. The van der Waals surface area contributed by atoms with Crippen LogP contribution < -0.4 is 11.1 Å². The molecule has 2 amide bonds. The van der Waals surface area contributed by atoms with E-state index < -0.39 is 5.91 Å². The fraction of sp³-hybridized carbons (Fsp3) is 0.158. The number of imide groups is 1. The van der Waals surface area contributed by atoms with Crippen LogP contribution in [-0.2, 0) is 6.54 Å². The molecule has 0 atom stereocenters. The van der Waals surface area contributed by atoms with Crippen molar-refractivity contribution >= 4 is 50.2 Å². The van der Waals surface area contributed by atoms with Crippen LogP contribution in [0.15, 0.2) is 41.0 Å². The van der Waals surface area contributed by atoms with Crippen LogP contribution in [0.4, 0.5) is 0 Å². The summed E-state index contributed by atoms with van der Waals surface area (Å²) in [6.07, 6.45) is 2.73. The molecule has 0 saturated carbocycles. The highest BCUT2D eigenvalue weighted by molar-refractivity contribution is 9.10. The van der Waals surface area contributed by atoms with Crippen LogP contribution in [0.2, 0.25) is 5.02 Å². The molecule has 132 valence electrons. The number of hydrogen-bond donors (Lipinski definition) is 2. The van der Waals surface area contributed by atoms with Crippen molar-refractivity contribution in [2.24, 2.45) is 5.73 Å². The minimum atomic E-state index is -0.400. The highest BCUT2D eigenvalue weighted by atomic mass is 79.9. The first-order valence-electron chi connectivity index (χ1n) is 8.19. The average molecular weight is 433 g/mol. The Morgan fingerprint density at radius 1 is 1.12 bits per heavy atom. The van der Waals surface area contributed by atoms with Gasteiger partial charge >= 0.3 is 0 Å². The summed E-state index contributed by atoms with van der Waals surface area (Å²) in [5.74, 6) is -0.787. The van der Waals surface area contributed by atoms with Gasteiger partial charge in [0.1, 0.15) is 0 Å². The Morgan fingerprint density at radius 2 is 1.85 bits per heavy atom. The fourth-order valence-corrected chi connectivity index (χ4v) is 4.32. The molecule has 1 aliphatic rings. The lowest BCUT2D eigenvalue weighted by Crippen LogP contribution is -2.20. The van der Waals surface area contributed by atoms with E-state index in [0.717, 1.165) is 33.9 Å². The Hall–Kier alpha value is -2.15. The molecule has 0 aliphatic carbocycles. The largest absolute Gasteiger partial charge is 0.346 e. The van der Waals surface area contributed by atoms with Gasteiger partial charge in [0.15, 0.2) is 0 Å². The van der Waals surface area contributed by atoms with E-state index >= 15 is 0 Å². The summed E-state index contributed by atoms with van der Waals surface area (Å²) in [5, 5.41) is 3.67. The molecule has 1 aliphatic heterocycles. The number of hydrogen-bond acceptors (Lipinski definition) is 3. The Labute approximate surface area is 163 Å². The van der Waals surface area contributed by atoms with E-state index in [1.54, 1.807) is 6.07 Å². The second-order valence-electron chi connectivity index (χ2n) is 6.14. The molecule has 0 saturated heterocycles. The molecule has 0 fully saturated rings. The van der Waals surface area contributed by atoms with Crippen LogP contribution in [0.3, 0.4) is 0 Å². The van der Waals surface area contributed by atoms with E-state index in [-0.39, 0.29) is 5.91 Å². The van der Waals surface area contributed by atoms with Gasteiger partial charge in [-0.25, -0.2) is 0 Å². The number of aryl methyl sites for hydroxylation is 1. The maximum absolute atomic E-state index is 12.5. The number of nitrogens with two attached hydrogens (primary N) is 1. The Bertz CT molecular complexity index is 1070. The zero-order valence-corrected chi connectivity index (χ0v) is 16.0. The quantitative estimate of drug-likeness (QED) is 0.613. The molecule has 2 aromatic carbocycles. The second kappa shape index (κ2) is 6.54. The molecule has 4 rings (SSSR count). The van der Waals surface area contributed by atoms with E-state index in [9.17, 15) is 9.59 Å². The lowest BCUT2D eigenvalue weighted by molar-refractivity contribution is 0.0880. The van der Waals surface area contributed by atoms with Gasteiger partial charge in [-0.3, -0.25) is 14.9 Å². The molecule has 2 heterocycles. The van der Waals surface area contributed by atoms with Gasteiger partial charge < -0.3 is 10.3 Å². The SMILES string of the molecule is NCCCn1cc(Br)c2c3c(c(-c4ccccc4Cl)cc21)C(=O)NC3=O. The van der Waals surface area contributed by atoms with Crippen molar-refractivity contribution in [2.75, 3.05) is 6.54 Å². The van der Waals surface area contributed by atoms with Gasteiger partial charge in [-0.1, -0.05) is 29.8 Å². The van der Waals surface area contributed by atoms with Crippen LogP contribution in [-0.4, -0.2) is 22.9 Å². The zero-order valence-electron chi connectivity index (χ0n) is 13.7. The van der Waals surface area contributed by atoms with Crippen molar-refractivity contribution in [1.82, 2.24) is 9.88 Å². The monoisotopic (exact) mass is 431 g/mol. The van der Waals surface area contributed by atoms with E-state index in [1.165, 1.54) is 0 Å². The summed E-state index contributed by atoms with van der Waals surface area (Å²) < 4.78 is 2.82. The minimum absolute atomic E-state index is 0.368. The van der Waals surface area contributed by atoms with Gasteiger partial charge in [-0.15, -0.1) is 0 Å². The predicted molar refractivity (Wildman–Crippen MR) is 106 cm³/mol. The fourth-order valence-electron chi connectivity index (χ4n) is 3.44. The molecule has 3 aromatic rings.